The third-order valence-corrected chi connectivity index (χ3v) is 2.12. The zero-order valence-electron chi connectivity index (χ0n) is 8.82. The van der Waals surface area contributed by atoms with E-state index in [-0.39, 0.29) is 12.2 Å². The number of benzene rings is 1. The second-order valence-electron chi connectivity index (χ2n) is 3.58. The van der Waals surface area contributed by atoms with Crippen LogP contribution in [-0.2, 0) is 11.3 Å². The van der Waals surface area contributed by atoms with E-state index in [1.165, 1.54) is 6.07 Å². The van der Waals surface area contributed by atoms with Crippen LogP contribution in [0.5, 0.6) is 0 Å². The molecule has 0 bridgehead atoms. The molecule has 0 saturated carbocycles. The molecule has 0 saturated heterocycles. The zero-order valence-corrected chi connectivity index (χ0v) is 8.82. The van der Waals surface area contributed by atoms with Crippen LogP contribution in [0.4, 0.5) is 4.39 Å². The van der Waals surface area contributed by atoms with E-state index in [0.717, 1.165) is 0 Å². The fourth-order valence-corrected chi connectivity index (χ4v) is 1.33. The highest BCUT2D eigenvalue weighted by molar-refractivity contribution is 5.67. The van der Waals surface area contributed by atoms with Crippen molar-refractivity contribution >= 4 is 5.97 Å². The number of hydrogen-bond acceptors (Lipinski definition) is 3. The van der Waals surface area contributed by atoms with Gasteiger partial charge < -0.3 is 16.2 Å². The van der Waals surface area contributed by atoms with Crippen molar-refractivity contribution in [2.75, 3.05) is 6.54 Å². The van der Waals surface area contributed by atoms with Gasteiger partial charge in [-0.3, -0.25) is 4.79 Å². The molecule has 5 heteroatoms. The van der Waals surface area contributed by atoms with E-state index in [9.17, 15) is 9.18 Å². The van der Waals surface area contributed by atoms with Crippen molar-refractivity contribution in [2.45, 2.75) is 19.0 Å². The molecule has 4 nitrogen and oxygen atoms in total. The van der Waals surface area contributed by atoms with Gasteiger partial charge >= 0.3 is 5.97 Å². The molecule has 0 fully saturated rings. The maximum atomic E-state index is 13.2. The molecular weight excluding hydrogens is 211 g/mol. The minimum atomic E-state index is -0.930. The van der Waals surface area contributed by atoms with E-state index >= 15 is 0 Å². The van der Waals surface area contributed by atoms with Crippen molar-refractivity contribution in [1.29, 1.82) is 0 Å². The lowest BCUT2D eigenvalue weighted by atomic mass is 10.2. The highest BCUT2D eigenvalue weighted by atomic mass is 19.1. The van der Waals surface area contributed by atoms with E-state index in [4.69, 9.17) is 10.8 Å². The predicted molar refractivity (Wildman–Crippen MR) is 58.3 cm³/mol. The third kappa shape index (κ3) is 4.37. The summed E-state index contributed by atoms with van der Waals surface area (Å²) in [5, 5.41) is 11.4. The van der Waals surface area contributed by atoms with E-state index in [1.807, 2.05) is 0 Å². The summed E-state index contributed by atoms with van der Waals surface area (Å²) in [6, 6.07) is 5.97. The molecule has 0 heterocycles. The Morgan fingerprint density at radius 2 is 2.19 bits per heavy atom. The van der Waals surface area contributed by atoms with Gasteiger partial charge in [-0.2, -0.15) is 0 Å². The number of halogens is 1. The number of rotatable bonds is 6. The molecule has 0 aromatic heterocycles. The largest absolute Gasteiger partial charge is 0.481 e. The standard InChI is InChI=1S/C11H15FN2O2/c12-10-4-2-1-3-8(10)6-14-7-9(13)5-11(15)16/h1-4,9,14H,5-7,13H2,(H,15,16). The Balaban J connectivity index is 2.30. The average molecular weight is 226 g/mol. The van der Waals surface area contributed by atoms with Crippen LogP contribution in [0, 0.1) is 5.82 Å². The summed E-state index contributed by atoms with van der Waals surface area (Å²) in [5.41, 5.74) is 6.09. The van der Waals surface area contributed by atoms with E-state index < -0.39 is 12.0 Å². The minimum absolute atomic E-state index is 0.0930. The summed E-state index contributed by atoms with van der Waals surface area (Å²) >= 11 is 0. The number of aliphatic carboxylic acids is 1. The van der Waals surface area contributed by atoms with E-state index in [0.29, 0.717) is 18.7 Å². The molecule has 1 atom stereocenters. The van der Waals surface area contributed by atoms with Gasteiger partial charge in [0.25, 0.3) is 0 Å². The summed E-state index contributed by atoms with van der Waals surface area (Å²) in [7, 11) is 0. The first-order chi connectivity index (χ1) is 7.59. The van der Waals surface area contributed by atoms with Gasteiger partial charge in [-0.15, -0.1) is 0 Å². The Morgan fingerprint density at radius 1 is 1.50 bits per heavy atom. The summed E-state index contributed by atoms with van der Waals surface area (Å²) < 4.78 is 13.2. The van der Waals surface area contributed by atoms with Crippen molar-refractivity contribution in [3.05, 3.63) is 35.6 Å². The first-order valence-corrected chi connectivity index (χ1v) is 5.01. The van der Waals surface area contributed by atoms with Gasteiger partial charge in [-0.05, 0) is 6.07 Å². The van der Waals surface area contributed by atoms with Gasteiger partial charge in [0.05, 0.1) is 6.42 Å². The molecule has 0 aliphatic carbocycles. The van der Waals surface area contributed by atoms with Crippen LogP contribution in [-0.4, -0.2) is 23.7 Å². The normalized spacial score (nSPS) is 12.4. The first-order valence-electron chi connectivity index (χ1n) is 5.01. The van der Waals surface area contributed by atoms with Gasteiger partial charge in [-0.25, -0.2) is 4.39 Å². The first kappa shape index (κ1) is 12.6. The lowest BCUT2D eigenvalue weighted by Crippen LogP contribution is -2.35. The second-order valence-corrected chi connectivity index (χ2v) is 3.58. The van der Waals surface area contributed by atoms with Crippen LogP contribution in [0.1, 0.15) is 12.0 Å². The van der Waals surface area contributed by atoms with Crippen molar-refractivity contribution < 1.29 is 14.3 Å². The summed E-state index contributed by atoms with van der Waals surface area (Å²) in [4.78, 5) is 10.3. The lowest BCUT2D eigenvalue weighted by Gasteiger charge is -2.10. The van der Waals surface area contributed by atoms with Gasteiger partial charge in [0.2, 0.25) is 0 Å². The highest BCUT2D eigenvalue weighted by Crippen LogP contribution is 2.05. The van der Waals surface area contributed by atoms with Gasteiger partial charge in [0.15, 0.2) is 0 Å². The fraction of sp³-hybridized carbons (Fsp3) is 0.364. The maximum absolute atomic E-state index is 13.2. The van der Waals surface area contributed by atoms with Crippen LogP contribution in [0.3, 0.4) is 0 Å². The summed E-state index contributed by atoms with van der Waals surface area (Å²) in [6.45, 7) is 0.695. The van der Waals surface area contributed by atoms with Crippen LogP contribution >= 0.6 is 0 Å². The zero-order chi connectivity index (χ0) is 12.0. The van der Waals surface area contributed by atoms with Crippen LogP contribution in [0.25, 0.3) is 0 Å². The maximum Gasteiger partial charge on any atom is 0.304 e. The Bertz CT molecular complexity index is 358. The number of carboxylic acids is 1. The quantitative estimate of drug-likeness (QED) is 0.668. The second kappa shape index (κ2) is 6.19. The van der Waals surface area contributed by atoms with Crippen LogP contribution < -0.4 is 11.1 Å². The van der Waals surface area contributed by atoms with E-state index in [2.05, 4.69) is 5.32 Å². The van der Waals surface area contributed by atoms with Gasteiger partial charge in [0, 0.05) is 24.7 Å². The minimum Gasteiger partial charge on any atom is -0.481 e. The fourth-order valence-electron chi connectivity index (χ4n) is 1.33. The van der Waals surface area contributed by atoms with Crippen molar-refractivity contribution in [3.8, 4) is 0 Å². The molecule has 88 valence electrons. The molecule has 4 N–H and O–H groups in total. The molecule has 0 aliphatic rings. The highest BCUT2D eigenvalue weighted by Gasteiger charge is 2.07. The lowest BCUT2D eigenvalue weighted by molar-refractivity contribution is -0.137. The van der Waals surface area contributed by atoms with Crippen molar-refractivity contribution in [2.24, 2.45) is 5.73 Å². The average Bonchev–Trinajstić information content (AvgIpc) is 2.19. The molecule has 0 spiro atoms. The number of carboxylic acid groups (broad SMARTS) is 1. The molecule has 0 amide bonds. The molecule has 1 unspecified atom stereocenters. The van der Waals surface area contributed by atoms with Gasteiger partial charge in [-0.1, -0.05) is 18.2 Å². The molecule has 1 rings (SSSR count). The number of nitrogens with two attached hydrogens (primary N) is 1. The smallest absolute Gasteiger partial charge is 0.304 e. The van der Waals surface area contributed by atoms with Crippen LogP contribution in [0.2, 0.25) is 0 Å². The molecule has 16 heavy (non-hydrogen) atoms. The molecule has 0 aliphatic heterocycles. The van der Waals surface area contributed by atoms with E-state index in [1.54, 1.807) is 18.2 Å². The Hall–Kier alpha value is -1.46. The molecule has 1 aromatic rings. The van der Waals surface area contributed by atoms with Crippen molar-refractivity contribution in [1.82, 2.24) is 5.32 Å². The SMILES string of the molecule is NC(CNCc1ccccc1F)CC(=O)O. The molecule has 0 radical (unpaired) electrons. The Morgan fingerprint density at radius 3 is 2.81 bits per heavy atom. The Kier molecular flexibility index (Phi) is 4.88. The monoisotopic (exact) mass is 226 g/mol. The summed E-state index contributed by atoms with van der Waals surface area (Å²) in [5.74, 6) is -1.21. The third-order valence-electron chi connectivity index (χ3n) is 2.12. The topological polar surface area (TPSA) is 75.3 Å². The molecular formula is C11H15FN2O2. The number of hydrogen-bond donors (Lipinski definition) is 3. The predicted octanol–water partition coefficient (Wildman–Crippen LogP) is 0.717. The van der Waals surface area contributed by atoms with Crippen molar-refractivity contribution in [3.63, 3.8) is 0 Å². The number of nitrogens with one attached hydrogen (secondary N) is 1. The van der Waals surface area contributed by atoms with Crippen LogP contribution in [0.15, 0.2) is 24.3 Å². The number of carbonyl (C=O) groups is 1. The Labute approximate surface area is 93.3 Å². The van der Waals surface area contributed by atoms with Gasteiger partial charge in [0.1, 0.15) is 5.82 Å². The summed E-state index contributed by atoms with van der Waals surface area (Å²) in [6.07, 6.45) is -0.0930. The molecule has 1 aromatic carbocycles.